The quantitative estimate of drug-likeness (QED) is 0.621. The lowest BCUT2D eigenvalue weighted by Gasteiger charge is -2.38. The first kappa shape index (κ1) is 18.9. The van der Waals surface area contributed by atoms with Gasteiger partial charge in [-0.3, -0.25) is 0 Å². The second-order valence-corrected chi connectivity index (χ2v) is 7.26. The molecule has 0 heterocycles. The largest absolute Gasteiger partial charge is 0.379 e. The molecule has 0 aromatic carbocycles. The molecule has 1 N–H and O–H groups in total. The summed E-state index contributed by atoms with van der Waals surface area (Å²) in [6.45, 7) is 14.7. The lowest BCUT2D eigenvalue weighted by molar-refractivity contribution is -0.0429. The van der Waals surface area contributed by atoms with E-state index >= 15 is 0 Å². The Morgan fingerprint density at radius 2 is 1.86 bits per heavy atom. The molecule has 3 nitrogen and oxygen atoms in total. The van der Waals surface area contributed by atoms with Gasteiger partial charge < -0.3 is 14.8 Å². The van der Waals surface area contributed by atoms with E-state index in [0.29, 0.717) is 18.1 Å². The van der Waals surface area contributed by atoms with Crippen LogP contribution in [0.25, 0.3) is 0 Å². The van der Waals surface area contributed by atoms with Gasteiger partial charge in [0.2, 0.25) is 0 Å². The number of rotatable bonds is 10. The van der Waals surface area contributed by atoms with Gasteiger partial charge >= 0.3 is 0 Å². The first-order valence-corrected chi connectivity index (χ1v) is 8.97. The van der Waals surface area contributed by atoms with Crippen LogP contribution in [0.2, 0.25) is 0 Å². The Labute approximate surface area is 132 Å². The smallest absolute Gasteiger partial charge is 0.0731 e. The summed E-state index contributed by atoms with van der Waals surface area (Å²) in [4.78, 5) is 0. The van der Waals surface area contributed by atoms with Crippen molar-refractivity contribution in [3.05, 3.63) is 0 Å². The SMILES string of the molecule is CCCNC1CCC(C(C)C)CC1OCCOCC(C)C. The molecule has 3 atom stereocenters. The molecule has 0 amide bonds. The van der Waals surface area contributed by atoms with Crippen molar-refractivity contribution < 1.29 is 9.47 Å². The summed E-state index contributed by atoms with van der Waals surface area (Å²) >= 11 is 0. The predicted octanol–water partition coefficient (Wildman–Crippen LogP) is 3.87. The van der Waals surface area contributed by atoms with Crippen molar-refractivity contribution in [2.24, 2.45) is 17.8 Å². The highest BCUT2D eigenvalue weighted by atomic mass is 16.5. The van der Waals surface area contributed by atoms with Crippen LogP contribution >= 0.6 is 0 Å². The molecule has 0 radical (unpaired) electrons. The first-order chi connectivity index (χ1) is 10.0. The van der Waals surface area contributed by atoms with E-state index in [4.69, 9.17) is 9.47 Å². The molecular formula is C18H37NO2. The summed E-state index contributed by atoms with van der Waals surface area (Å²) in [6.07, 6.45) is 5.33. The molecule has 0 aliphatic heterocycles. The zero-order valence-corrected chi connectivity index (χ0v) is 14.9. The maximum absolute atomic E-state index is 6.17. The monoisotopic (exact) mass is 299 g/mol. The molecule has 3 heteroatoms. The van der Waals surface area contributed by atoms with Crippen molar-refractivity contribution in [1.82, 2.24) is 5.32 Å². The zero-order valence-electron chi connectivity index (χ0n) is 14.9. The van der Waals surface area contributed by atoms with Crippen LogP contribution in [-0.2, 0) is 9.47 Å². The van der Waals surface area contributed by atoms with E-state index in [1.165, 1.54) is 25.7 Å². The fraction of sp³-hybridized carbons (Fsp3) is 1.00. The average molecular weight is 299 g/mol. The van der Waals surface area contributed by atoms with Gasteiger partial charge in [-0.2, -0.15) is 0 Å². The molecule has 1 aliphatic rings. The van der Waals surface area contributed by atoms with Crippen LogP contribution in [0, 0.1) is 17.8 Å². The Bertz CT molecular complexity index is 256. The summed E-state index contributed by atoms with van der Waals surface area (Å²) in [6, 6.07) is 0.532. The normalized spacial score (nSPS) is 26.7. The highest BCUT2D eigenvalue weighted by Gasteiger charge is 2.31. The van der Waals surface area contributed by atoms with E-state index in [2.05, 4.69) is 39.9 Å². The van der Waals surface area contributed by atoms with Crippen LogP contribution in [0.15, 0.2) is 0 Å². The van der Waals surface area contributed by atoms with E-state index in [0.717, 1.165) is 38.2 Å². The fourth-order valence-electron chi connectivity index (χ4n) is 3.09. The summed E-state index contributed by atoms with van der Waals surface area (Å²) < 4.78 is 11.8. The minimum absolute atomic E-state index is 0.361. The third-order valence-electron chi connectivity index (χ3n) is 4.44. The summed E-state index contributed by atoms with van der Waals surface area (Å²) in [7, 11) is 0. The maximum atomic E-state index is 6.17. The summed E-state index contributed by atoms with van der Waals surface area (Å²) in [5.41, 5.74) is 0. The second kappa shape index (κ2) is 10.6. The molecular weight excluding hydrogens is 262 g/mol. The minimum Gasteiger partial charge on any atom is -0.379 e. The van der Waals surface area contributed by atoms with Crippen molar-refractivity contribution in [2.45, 2.75) is 72.4 Å². The molecule has 1 rings (SSSR count). The zero-order chi connectivity index (χ0) is 15.7. The minimum atomic E-state index is 0.361. The first-order valence-electron chi connectivity index (χ1n) is 8.97. The lowest BCUT2D eigenvalue weighted by Crippen LogP contribution is -2.47. The van der Waals surface area contributed by atoms with Crippen LogP contribution in [0.5, 0.6) is 0 Å². The highest BCUT2D eigenvalue weighted by molar-refractivity contribution is 4.86. The molecule has 0 aromatic rings. The third-order valence-corrected chi connectivity index (χ3v) is 4.44. The van der Waals surface area contributed by atoms with E-state index < -0.39 is 0 Å². The van der Waals surface area contributed by atoms with Gasteiger partial charge in [0.15, 0.2) is 0 Å². The van der Waals surface area contributed by atoms with Crippen LogP contribution in [0.3, 0.4) is 0 Å². The highest BCUT2D eigenvalue weighted by Crippen LogP contribution is 2.31. The van der Waals surface area contributed by atoms with Crippen molar-refractivity contribution in [1.29, 1.82) is 0 Å². The molecule has 126 valence electrons. The molecule has 0 bridgehead atoms. The predicted molar refractivity (Wildman–Crippen MR) is 89.7 cm³/mol. The van der Waals surface area contributed by atoms with Crippen LogP contribution < -0.4 is 5.32 Å². The lowest BCUT2D eigenvalue weighted by atomic mass is 9.78. The number of hydrogen-bond donors (Lipinski definition) is 1. The van der Waals surface area contributed by atoms with Crippen LogP contribution in [0.1, 0.15) is 60.3 Å². The van der Waals surface area contributed by atoms with Crippen molar-refractivity contribution in [2.75, 3.05) is 26.4 Å². The van der Waals surface area contributed by atoms with Gasteiger partial charge in [0.05, 0.1) is 19.3 Å². The van der Waals surface area contributed by atoms with Gasteiger partial charge in [-0.05, 0) is 50.0 Å². The van der Waals surface area contributed by atoms with Gasteiger partial charge in [0, 0.05) is 12.6 Å². The van der Waals surface area contributed by atoms with Gasteiger partial charge in [-0.25, -0.2) is 0 Å². The Morgan fingerprint density at radius 3 is 2.48 bits per heavy atom. The molecule has 1 fully saturated rings. The molecule has 3 unspecified atom stereocenters. The molecule has 1 aliphatic carbocycles. The van der Waals surface area contributed by atoms with E-state index in [1.807, 2.05) is 0 Å². The number of hydrogen-bond acceptors (Lipinski definition) is 3. The molecule has 0 spiro atoms. The van der Waals surface area contributed by atoms with Crippen molar-refractivity contribution in [3.63, 3.8) is 0 Å². The van der Waals surface area contributed by atoms with Gasteiger partial charge in [0.25, 0.3) is 0 Å². The Hall–Kier alpha value is -0.120. The average Bonchev–Trinajstić information content (AvgIpc) is 2.44. The Balaban J connectivity index is 2.34. The van der Waals surface area contributed by atoms with E-state index in [9.17, 15) is 0 Å². The topological polar surface area (TPSA) is 30.5 Å². The van der Waals surface area contributed by atoms with Gasteiger partial charge in [-0.1, -0.05) is 34.6 Å². The third kappa shape index (κ3) is 7.62. The Morgan fingerprint density at radius 1 is 1.10 bits per heavy atom. The molecule has 0 saturated heterocycles. The van der Waals surface area contributed by atoms with Gasteiger partial charge in [0.1, 0.15) is 0 Å². The second-order valence-electron chi connectivity index (χ2n) is 7.26. The Kier molecular flexibility index (Phi) is 9.54. The molecule has 0 aromatic heterocycles. The molecule has 1 saturated carbocycles. The fourth-order valence-corrected chi connectivity index (χ4v) is 3.09. The maximum Gasteiger partial charge on any atom is 0.0731 e. The van der Waals surface area contributed by atoms with E-state index in [-0.39, 0.29) is 0 Å². The summed E-state index contributed by atoms with van der Waals surface area (Å²) in [5, 5.41) is 3.67. The van der Waals surface area contributed by atoms with Crippen LogP contribution in [0.4, 0.5) is 0 Å². The number of nitrogens with one attached hydrogen (secondary N) is 1. The number of ether oxygens (including phenoxy) is 2. The van der Waals surface area contributed by atoms with Crippen molar-refractivity contribution in [3.8, 4) is 0 Å². The standard InChI is InChI=1S/C18H37NO2/c1-6-9-19-17-8-7-16(15(4)5)12-18(17)21-11-10-20-13-14(2)3/h14-19H,6-13H2,1-5H3. The van der Waals surface area contributed by atoms with Gasteiger partial charge in [-0.15, -0.1) is 0 Å². The van der Waals surface area contributed by atoms with E-state index in [1.54, 1.807) is 0 Å². The molecule has 21 heavy (non-hydrogen) atoms. The van der Waals surface area contributed by atoms with Crippen LogP contribution in [-0.4, -0.2) is 38.5 Å². The van der Waals surface area contributed by atoms with Crippen molar-refractivity contribution >= 4 is 0 Å². The summed E-state index contributed by atoms with van der Waals surface area (Å²) in [5.74, 6) is 2.18.